The van der Waals surface area contributed by atoms with Crippen molar-refractivity contribution in [3.05, 3.63) is 24.0 Å². The summed E-state index contributed by atoms with van der Waals surface area (Å²) in [5, 5.41) is 0. The maximum atomic E-state index is 6.17. The second kappa shape index (κ2) is 4.36. The number of imidazole rings is 1. The molecule has 0 N–H and O–H groups in total. The summed E-state index contributed by atoms with van der Waals surface area (Å²) in [5.41, 5.74) is 2.74. The molecule has 0 saturated carbocycles. The van der Waals surface area contributed by atoms with Gasteiger partial charge in [-0.05, 0) is 58.6 Å². The summed E-state index contributed by atoms with van der Waals surface area (Å²) in [5.74, 6) is 1.20. The Morgan fingerprint density at radius 1 is 1.18 bits per heavy atom. The van der Waals surface area contributed by atoms with E-state index in [1.54, 1.807) is 0 Å². The molecule has 2 aromatic rings. The lowest BCUT2D eigenvalue weighted by Crippen LogP contribution is -2.41. The van der Waals surface area contributed by atoms with Gasteiger partial charge in [-0.3, -0.25) is 0 Å². The highest BCUT2D eigenvalue weighted by Gasteiger charge is 2.51. The Kier molecular flexibility index (Phi) is 2.83. The van der Waals surface area contributed by atoms with Crippen molar-refractivity contribution in [1.29, 1.82) is 0 Å². The van der Waals surface area contributed by atoms with Gasteiger partial charge in [0.25, 0.3) is 0 Å². The van der Waals surface area contributed by atoms with Crippen LogP contribution in [0.15, 0.2) is 18.2 Å². The summed E-state index contributed by atoms with van der Waals surface area (Å²) >= 11 is 0. The van der Waals surface area contributed by atoms with Gasteiger partial charge in [-0.1, -0.05) is 6.07 Å². The Hall–Kier alpha value is -1.33. The number of aryl methyl sites for hydroxylation is 1. The topological polar surface area (TPSA) is 36.3 Å². The molecule has 0 aliphatic carbocycles. The average Bonchev–Trinajstić information content (AvgIpc) is 3.02. The van der Waals surface area contributed by atoms with Crippen molar-refractivity contribution in [3.8, 4) is 0 Å². The molecule has 0 spiro atoms. The SMILES string of the molecule is CC1CCc2nc3ccc(B4OC(C)(C)C(C)(C)O4)cc3n21. The molecule has 3 heterocycles. The van der Waals surface area contributed by atoms with Crippen molar-refractivity contribution in [2.24, 2.45) is 0 Å². The minimum absolute atomic E-state index is 0.306. The lowest BCUT2D eigenvalue weighted by atomic mass is 9.79. The molecule has 22 heavy (non-hydrogen) atoms. The molecule has 5 heteroatoms. The summed E-state index contributed by atoms with van der Waals surface area (Å²) in [6, 6.07) is 6.88. The highest BCUT2D eigenvalue weighted by molar-refractivity contribution is 6.62. The van der Waals surface area contributed by atoms with Gasteiger partial charge in [0.2, 0.25) is 0 Å². The summed E-state index contributed by atoms with van der Waals surface area (Å²) in [6.07, 6.45) is 2.25. The molecule has 1 aromatic heterocycles. The van der Waals surface area contributed by atoms with Gasteiger partial charge in [0.1, 0.15) is 5.82 Å². The van der Waals surface area contributed by atoms with E-state index in [9.17, 15) is 0 Å². The van der Waals surface area contributed by atoms with Crippen LogP contribution in [0.5, 0.6) is 0 Å². The van der Waals surface area contributed by atoms with Crippen LogP contribution >= 0.6 is 0 Å². The Balaban J connectivity index is 1.77. The van der Waals surface area contributed by atoms with E-state index < -0.39 is 0 Å². The van der Waals surface area contributed by atoms with Crippen molar-refractivity contribution in [3.63, 3.8) is 0 Å². The number of aromatic nitrogens is 2. The maximum absolute atomic E-state index is 6.17. The molecule has 0 radical (unpaired) electrons. The van der Waals surface area contributed by atoms with Gasteiger partial charge in [-0.15, -0.1) is 0 Å². The number of hydrogen-bond acceptors (Lipinski definition) is 3. The van der Waals surface area contributed by atoms with Crippen LogP contribution in [0.2, 0.25) is 0 Å². The Morgan fingerprint density at radius 2 is 1.86 bits per heavy atom. The first-order valence-electron chi connectivity index (χ1n) is 8.15. The van der Waals surface area contributed by atoms with Crippen LogP contribution in [0, 0.1) is 0 Å². The molecule has 1 atom stereocenters. The number of nitrogens with zero attached hydrogens (tertiary/aromatic N) is 2. The maximum Gasteiger partial charge on any atom is 0.494 e. The molecule has 1 fully saturated rings. The van der Waals surface area contributed by atoms with Crippen LogP contribution in [0.1, 0.15) is 52.9 Å². The molecule has 116 valence electrons. The zero-order valence-electron chi connectivity index (χ0n) is 14.0. The zero-order chi connectivity index (χ0) is 15.7. The third kappa shape index (κ3) is 1.88. The second-order valence-corrected chi connectivity index (χ2v) is 7.62. The van der Waals surface area contributed by atoms with E-state index in [1.807, 2.05) is 0 Å². The fourth-order valence-electron chi connectivity index (χ4n) is 3.42. The van der Waals surface area contributed by atoms with Crippen LogP contribution in [-0.2, 0) is 15.7 Å². The number of benzene rings is 1. The smallest absolute Gasteiger partial charge is 0.399 e. The molecule has 1 saturated heterocycles. The summed E-state index contributed by atoms with van der Waals surface area (Å²) in [6.45, 7) is 10.6. The zero-order valence-corrected chi connectivity index (χ0v) is 14.0. The van der Waals surface area contributed by atoms with Gasteiger partial charge in [-0.2, -0.15) is 0 Å². The molecule has 4 nitrogen and oxygen atoms in total. The van der Waals surface area contributed by atoms with E-state index in [2.05, 4.69) is 57.4 Å². The Labute approximate surface area is 132 Å². The van der Waals surface area contributed by atoms with E-state index in [0.717, 1.165) is 17.4 Å². The summed E-state index contributed by atoms with van der Waals surface area (Å²) in [4.78, 5) is 4.75. The molecular weight excluding hydrogens is 275 g/mol. The predicted molar refractivity (Wildman–Crippen MR) is 88.5 cm³/mol. The third-order valence-corrected chi connectivity index (χ3v) is 5.54. The summed E-state index contributed by atoms with van der Waals surface area (Å²) < 4.78 is 14.7. The molecule has 1 aromatic carbocycles. The van der Waals surface area contributed by atoms with E-state index >= 15 is 0 Å². The van der Waals surface area contributed by atoms with E-state index in [4.69, 9.17) is 14.3 Å². The Bertz CT molecular complexity index is 734. The Morgan fingerprint density at radius 3 is 2.55 bits per heavy atom. The highest BCUT2D eigenvalue weighted by Crippen LogP contribution is 2.37. The highest BCUT2D eigenvalue weighted by atomic mass is 16.7. The normalized spacial score (nSPS) is 25.9. The van der Waals surface area contributed by atoms with Crippen LogP contribution in [0.3, 0.4) is 0 Å². The van der Waals surface area contributed by atoms with Gasteiger partial charge in [0.05, 0.1) is 22.2 Å². The molecule has 0 amide bonds. The minimum atomic E-state index is -0.308. The molecule has 2 aliphatic rings. The van der Waals surface area contributed by atoms with E-state index in [1.165, 1.54) is 17.8 Å². The van der Waals surface area contributed by atoms with E-state index in [0.29, 0.717) is 6.04 Å². The average molecular weight is 298 g/mol. The minimum Gasteiger partial charge on any atom is -0.399 e. The fraction of sp³-hybridized carbons (Fsp3) is 0.588. The van der Waals surface area contributed by atoms with Crippen molar-refractivity contribution < 1.29 is 9.31 Å². The molecule has 0 bridgehead atoms. The van der Waals surface area contributed by atoms with Gasteiger partial charge < -0.3 is 13.9 Å². The quantitative estimate of drug-likeness (QED) is 0.760. The van der Waals surface area contributed by atoms with Gasteiger partial charge in [-0.25, -0.2) is 4.98 Å². The second-order valence-electron chi connectivity index (χ2n) is 7.62. The largest absolute Gasteiger partial charge is 0.494 e. The van der Waals surface area contributed by atoms with Crippen molar-refractivity contribution in [2.45, 2.75) is 64.7 Å². The standard InChI is InChI=1S/C17H23BN2O2/c1-11-6-9-15-19-13-8-7-12(10-14(13)20(11)15)18-21-16(2,3)17(4,5)22-18/h7-8,10-11H,6,9H2,1-5H3. The van der Waals surface area contributed by atoms with Crippen molar-refractivity contribution >= 4 is 23.6 Å². The van der Waals surface area contributed by atoms with E-state index in [-0.39, 0.29) is 18.3 Å². The lowest BCUT2D eigenvalue weighted by Gasteiger charge is -2.32. The lowest BCUT2D eigenvalue weighted by molar-refractivity contribution is 0.00578. The number of fused-ring (bicyclic) bond motifs is 3. The van der Waals surface area contributed by atoms with Crippen molar-refractivity contribution in [1.82, 2.24) is 9.55 Å². The predicted octanol–water partition coefficient (Wildman–Crippen LogP) is 2.84. The summed E-state index contributed by atoms with van der Waals surface area (Å²) in [7, 11) is -0.308. The molecular formula is C17H23BN2O2. The number of rotatable bonds is 1. The first-order chi connectivity index (χ1) is 10.3. The van der Waals surface area contributed by atoms with Crippen LogP contribution < -0.4 is 5.46 Å². The van der Waals surface area contributed by atoms with Crippen LogP contribution in [0.25, 0.3) is 11.0 Å². The first-order valence-corrected chi connectivity index (χ1v) is 8.15. The molecule has 2 aliphatic heterocycles. The first kappa shape index (κ1) is 14.3. The van der Waals surface area contributed by atoms with Gasteiger partial charge in [0, 0.05) is 12.5 Å². The fourth-order valence-corrected chi connectivity index (χ4v) is 3.42. The van der Waals surface area contributed by atoms with Crippen LogP contribution in [0.4, 0.5) is 0 Å². The number of hydrogen-bond donors (Lipinski definition) is 0. The van der Waals surface area contributed by atoms with Gasteiger partial charge >= 0.3 is 7.12 Å². The van der Waals surface area contributed by atoms with Gasteiger partial charge in [0.15, 0.2) is 0 Å². The van der Waals surface area contributed by atoms with Crippen molar-refractivity contribution in [2.75, 3.05) is 0 Å². The monoisotopic (exact) mass is 298 g/mol. The molecule has 1 unspecified atom stereocenters. The molecule has 4 rings (SSSR count). The third-order valence-electron chi connectivity index (χ3n) is 5.54. The van der Waals surface area contributed by atoms with Crippen LogP contribution in [-0.4, -0.2) is 27.9 Å².